The van der Waals surface area contributed by atoms with E-state index >= 15 is 0 Å². The number of amides is 1. The van der Waals surface area contributed by atoms with Crippen LogP contribution in [0.2, 0.25) is 0 Å². The van der Waals surface area contributed by atoms with Gasteiger partial charge in [-0.3, -0.25) is 4.79 Å². The minimum atomic E-state index is -4.41. The lowest BCUT2D eigenvalue weighted by Crippen LogP contribution is -2.32. The van der Waals surface area contributed by atoms with Crippen molar-refractivity contribution in [2.75, 3.05) is 26.8 Å². The zero-order chi connectivity index (χ0) is 22.3. The lowest BCUT2D eigenvalue weighted by molar-refractivity contribution is -0.153. The normalized spacial score (nSPS) is 17.2. The van der Waals surface area contributed by atoms with E-state index in [9.17, 15) is 18.0 Å². The first-order valence-corrected chi connectivity index (χ1v) is 10.5. The van der Waals surface area contributed by atoms with E-state index in [-0.39, 0.29) is 17.4 Å². The van der Waals surface area contributed by atoms with Gasteiger partial charge in [-0.15, -0.1) is 0 Å². The van der Waals surface area contributed by atoms with Crippen molar-refractivity contribution < 1.29 is 27.4 Å². The molecule has 2 aromatic rings. The van der Waals surface area contributed by atoms with Crippen LogP contribution in [-0.4, -0.2) is 43.8 Å². The molecule has 0 bridgehead atoms. The SMILES string of the molecule is COc1cc(CCC(=O)N2CCCC(c3ccccc3)CC2)ccc1OCC(F)(F)F. The first kappa shape index (κ1) is 23.0. The molecule has 7 heteroatoms. The molecule has 0 radical (unpaired) electrons. The summed E-state index contributed by atoms with van der Waals surface area (Å²) in [5.74, 6) is 0.849. The van der Waals surface area contributed by atoms with Gasteiger partial charge in [0.25, 0.3) is 0 Å². The Labute approximate surface area is 181 Å². The molecule has 2 aromatic carbocycles. The number of hydrogen-bond acceptors (Lipinski definition) is 3. The fourth-order valence-electron chi connectivity index (χ4n) is 3.96. The third-order valence-electron chi connectivity index (χ3n) is 5.60. The minimum Gasteiger partial charge on any atom is -0.493 e. The maximum Gasteiger partial charge on any atom is 0.422 e. The van der Waals surface area contributed by atoms with E-state index in [0.29, 0.717) is 18.8 Å². The molecule has 0 N–H and O–H groups in total. The summed E-state index contributed by atoms with van der Waals surface area (Å²) in [6.45, 7) is 0.127. The highest BCUT2D eigenvalue weighted by Crippen LogP contribution is 2.31. The molecular weight excluding hydrogens is 407 g/mol. The molecule has 1 aliphatic heterocycles. The highest BCUT2D eigenvalue weighted by molar-refractivity contribution is 5.76. The molecule has 0 saturated carbocycles. The van der Waals surface area contributed by atoms with Gasteiger partial charge in [-0.25, -0.2) is 0 Å². The molecule has 1 unspecified atom stereocenters. The van der Waals surface area contributed by atoms with E-state index < -0.39 is 12.8 Å². The number of benzene rings is 2. The molecule has 4 nitrogen and oxygen atoms in total. The number of hydrogen-bond donors (Lipinski definition) is 0. The van der Waals surface area contributed by atoms with Gasteiger partial charge in [0.05, 0.1) is 7.11 Å². The Balaban J connectivity index is 1.53. The Kier molecular flexibility index (Phi) is 7.82. The Morgan fingerprint density at radius 1 is 1.06 bits per heavy atom. The molecular formula is C24H28F3NO3. The van der Waals surface area contributed by atoms with Crippen LogP contribution in [0, 0.1) is 0 Å². The third kappa shape index (κ3) is 6.91. The number of carbonyl (C=O) groups is 1. The topological polar surface area (TPSA) is 38.8 Å². The van der Waals surface area contributed by atoms with Crippen LogP contribution in [0.15, 0.2) is 48.5 Å². The van der Waals surface area contributed by atoms with Crippen LogP contribution < -0.4 is 9.47 Å². The monoisotopic (exact) mass is 435 g/mol. The fourth-order valence-corrected chi connectivity index (χ4v) is 3.96. The minimum absolute atomic E-state index is 0.0365. The molecule has 0 spiro atoms. The summed E-state index contributed by atoms with van der Waals surface area (Å²) in [4.78, 5) is 14.7. The summed E-state index contributed by atoms with van der Waals surface area (Å²) in [6, 6.07) is 15.2. The molecule has 31 heavy (non-hydrogen) atoms. The molecule has 1 atom stereocenters. The predicted octanol–water partition coefficient (Wildman–Crippen LogP) is 5.37. The Bertz CT molecular complexity index is 855. The van der Waals surface area contributed by atoms with Crippen molar-refractivity contribution in [1.82, 2.24) is 4.90 Å². The van der Waals surface area contributed by atoms with Crippen LogP contribution in [-0.2, 0) is 11.2 Å². The molecule has 1 heterocycles. The summed E-state index contributed by atoms with van der Waals surface area (Å²) in [5, 5.41) is 0. The highest BCUT2D eigenvalue weighted by Gasteiger charge is 2.29. The van der Waals surface area contributed by atoms with Gasteiger partial charge in [0, 0.05) is 19.5 Å². The number of methoxy groups -OCH3 is 1. The average Bonchev–Trinajstić information content (AvgIpc) is 3.02. The Morgan fingerprint density at radius 3 is 2.55 bits per heavy atom. The highest BCUT2D eigenvalue weighted by atomic mass is 19.4. The molecule has 0 aliphatic carbocycles. The van der Waals surface area contributed by atoms with Gasteiger partial charge >= 0.3 is 6.18 Å². The van der Waals surface area contributed by atoms with Gasteiger partial charge in [-0.2, -0.15) is 13.2 Å². The van der Waals surface area contributed by atoms with E-state index in [4.69, 9.17) is 9.47 Å². The lowest BCUT2D eigenvalue weighted by Gasteiger charge is -2.21. The second-order valence-corrected chi connectivity index (χ2v) is 7.81. The molecule has 1 fully saturated rings. The van der Waals surface area contributed by atoms with Crippen molar-refractivity contribution in [3.05, 3.63) is 59.7 Å². The maximum absolute atomic E-state index is 12.7. The zero-order valence-corrected chi connectivity index (χ0v) is 17.7. The zero-order valence-electron chi connectivity index (χ0n) is 17.7. The Hall–Kier alpha value is -2.70. The quantitative estimate of drug-likeness (QED) is 0.587. The van der Waals surface area contributed by atoms with Crippen molar-refractivity contribution in [3.8, 4) is 11.5 Å². The number of halogens is 3. The van der Waals surface area contributed by atoms with Gasteiger partial charge in [-0.05, 0) is 54.9 Å². The number of carbonyl (C=O) groups excluding carboxylic acids is 1. The van der Waals surface area contributed by atoms with Crippen LogP contribution in [0.1, 0.15) is 42.7 Å². The van der Waals surface area contributed by atoms with Gasteiger partial charge in [0.2, 0.25) is 5.91 Å². The second-order valence-electron chi connectivity index (χ2n) is 7.81. The molecule has 3 rings (SSSR count). The van der Waals surface area contributed by atoms with E-state index in [1.807, 2.05) is 11.0 Å². The fraction of sp³-hybridized carbons (Fsp3) is 0.458. The van der Waals surface area contributed by atoms with E-state index in [1.54, 1.807) is 12.1 Å². The number of alkyl halides is 3. The van der Waals surface area contributed by atoms with Crippen molar-refractivity contribution >= 4 is 5.91 Å². The van der Waals surface area contributed by atoms with Gasteiger partial charge in [0.1, 0.15) is 0 Å². The summed E-state index contributed by atoms with van der Waals surface area (Å²) in [6.07, 6.45) is -0.568. The van der Waals surface area contributed by atoms with Gasteiger partial charge in [0.15, 0.2) is 18.1 Å². The van der Waals surface area contributed by atoms with Crippen LogP contribution in [0.3, 0.4) is 0 Å². The van der Waals surface area contributed by atoms with Crippen molar-refractivity contribution in [2.45, 2.75) is 44.2 Å². The number of rotatable bonds is 7. The van der Waals surface area contributed by atoms with E-state index in [2.05, 4.69) is 24.3 Å². The van der Waals surface area contributed by atoms with Gasteiger partial charge < -0.3 is 14.4 Å². The lowest BCUT2D eigenvalue weighted by atomic mass is 9.92. The maximum atomic E-state index is 12.7. The molecule has 0 aromatic heterocycles. The summed E-state index contributed by atoms with van der Waals surface area (Å²) in [5.41, 5.74) is 2.15. The average molecular weight is 435 g/mol. The third-order valence-corrected chi connectivity index (χ3v) is 5.60. The smallest absolute Gasteiger partial charge is 0.422 e. The van der Waals surface area contributed by atoms with Gasteiger partial charge in [-0.1, -0.05) is 36.4 Å². The van der Waals surface area contributed by atoms with E-state index in [1.165, 1.54) is 18.7 Å². The Morgan fingerprint density at radius 2 is 1.84 bits per heavy atom. The van der Waals surface area contributed by atoms with Crippen LogP contribution in [0.5, 0.6) is 11.5 Å². The summed E-state index contributed by atoms with van der Waals surface area (Å²) < 4.78 is 47.1. The molecule has 1 saturated heterocycles. The van der Waals surface area contributed by atoms with Crippen molar-refractivity contribution in [3.63, 3.8) is 0 Å². The number of ether oxygens (including phenoxy) is 2. The molecule has 1 aliphatic rings. The largest absolute Gasteiger partial charge is 0.493 e. The van der Waals surface area contributed by atoms with Crippen molar-refractivity contribution in [2.24, 2.45) is 0 Å². The number of likely N-dealkylation sites (tertiary alicyclic amines) is 1. The summed E-state index contributed by atoms with van der Waals surface area (Å²) in [7, 11) is 1.38. The van der Waals surface area contributed by atoms with Crippen LogP contribution >= 0.6 is 0 Å². The standard InChI is InChI=1S/C24H28F3NO3/c1-30-22-16-18(9-11-21(22)31-17-24(25,26)27)10-12-23(29)28-14-5-8-20(13-15-28)19-6-3-2-4-7-19/h2-4,6-7,9,11,16,20H,5,8,10,12-15,17H2,1H3. The van der Waals surface area contributed by atoms with Crippen LogP contribution in [0.25, 0.3) is 0 Å². The second kappa shape index (κ2) is 10.6. The predicted molar refractivity (Wildman–Crippen MR) is 112 cm³/mol. The van der Waals surface area contributed by atoms with Crippen molar-refractivity contribution in [1.29, 1.82) is 0 Å². The number of aryl methyl sites for hydroxylation is 1. The first-order valence-electron chi connectivity index (χ1n) is 10.5. The number of nitrogens with zero attached hydrogens (tertiary/aromatic N) is 1. The molecule has 168 valence electrons. The first-order chi connectivity index (χ1) is 14.9. The summed E-state index contributed by atoms with van der Waals surface area (Å²) >= 11 is 0. The molecule has 1 amide bonds. The van der Waals surface area contributed by atoms with Crippen LogP contribution in [0.4, 0.5) is 13.2 Å². The van der Waals surface area contributed by atoms with E-state index in [0.717, 1.165) is 37.9 Å².